The maximum absolute atomic E-state index is 7.06. The fourth-order valence-electron chi connectivity index (χ4n) is 5.31. The summed E-state index contributed by atoms with van der Waals surface area (Å²) in [6.07, 6.45) is 2.11. The van der Waals surface area contributed by atoms with E-state index in [0.717, 1.165) is 25.5 Å². The minimum Gasteiger partial charge on any atom is -0.407 e. The van der Waals surface area contributed by atoms with Gasteiger partial charge in [0.15, 0.2) is 8.32 Å². The van der Waals surface area contributed by atoms with Crippen LogP contribution in [0.25, 0.3) is 0 Å². The Morgan fingerprint density at radius 2 is 1.70 bits per heavy atom. The standard InChI is InChI=1S/C24H32O2Si/c1-5-24-16-23(18-27(4,26-24)19(2)3,21-13-9-10-14-22(21)24)17-25-15-20-11-7-6-8-12-20/h6-14,19H,5,15-18H2,1-4H3/t23-,24+,27?/m0/s1. The SMILES string of the molecule is CC[C@]12C[C@](COCc3ccccc3)(C[Si](C)(C(C)C)O1)c1ccccc12. The second-order valence-corrected chi connectivity index (χ2v) is 13.4. The molecule has 0 spiro atoms. The molecular weight excluding hydrogens is 348 g/mol. The highest BCUT2D eigenvalue weighted by atomic mass is 28.4. The van der Waals surface area contributed by atoms with Gasteiger partial charge in [-0.3, -0.25) is 0 Å². The van der Waals surface area contributed by atoms with Crippen LogP contribution in [0.1, 0.15) is 50.3 Å². The van der Waals surface area contributed by atoms with Crippen LogP contribution >= 0.6 is 0 Å². The molecule has 27 heavy (non-hydrogen) atoms. The van der Waals surface area contributed by atoms with Gasteiger partial charge in [-0.05, 0) is 47.7 Å². The van der Waals surface area contributed by atoms with E-state index in [2.05, 4.69) is 81.9 Å². The molecule has 2 aromatic rings. The van der Waals surface area contributed by atoms with Gasteiger partial charge < -0.3 is 9.16 Å². The van der Waals surface area contributed by atoms with Crippen LogP contribution in [0.3, 0.4) is 0 Å². The van der Waals surface area contributed by atoms with E-state index in [0.29, 0.717) is 12.1 Å². The van der Waals surface area contributed by atoms with Gasteiger partial charge in [0.25, 0.3) is 0 Å². The molecule has 0 saturated carbocycles. The predicted molar refractivity (Wildman–Crippen MR) is 113 cm³/mol. The fourth-order valence-corrected chi connectivity index (χ4v) is 9.01. The number of rotatable bonds is 6. The second-order valence-electron chi connectivity index (χ2n) is 9.08. The first kappa shape index (κ1) is 18.9. The van der Waals surface area contributed by atoms with Gasteiger partial charge in [0, 0.05) is 5.41 Å². The summed E-state index contributed by atoms with van der Waals surface area (Å²) < 4.78 is 13.4. The van der Waals surface area contributed by atoms with E-state index in [9.17, 15) is 0 Å². The van der Waals surface area contributed by atoms with Crippen LogP contribution in [0.2, 0.25) is 18.1 Å². The molecule has 2 bridgehead atoms. The number of hydrogen-bond acceptors (Lipinski definition) is 2. The summed E-state index contributed by atoms with van der Waals surface area (Å²) in [5, 5.41) is 0. The van der Waals surface area contributed by atoms with Gasteiger partial charge in [-0.15, -0.1) is 0 Å². The molecule has 1 saturated heterocycles. The Kier molecular flexibility index (Phi) is 4.82. The van der Waals surface area contributed by atoms with E-state index < -0.39 is 8.32 Å². The molecule has 3 atom stereocenters. The monoisotopic (exact) mass is 380 g/mol. The largest absolute Gasteiger partial charge is 0.407 e. The van der Waals surface area contributed by atoms with Crippen LogP contribution in [0.5, 0.6) is 0 Å². The summed E-state index contributed by atoms with van der Waals surface area (Å²) in [6.45, 7) is 10.9. The highest BCUT2D eigenvalue weighted by Gasteiger charge is 2.62. The van der Waals surface area contributed by atoms with Crippen molar-refractivity contribution >= 4 is 8.32 Å². The van der Waals surface area contributed by atoms with Crippen LogP contribution in [-0.2, 0) is 26.8 Å². The molecule has 0 amide bonds. The van der Waals surface area contributed by atoms with Gasteiger partial charge in [-0.25, -0.2) is 0 Å². The molecule has 2 aromatic carbocycles. The first-order valence-electron chi connectivity index (χ1n) is 10.3. The summed E-state index contributed by atoms with van der Waals surface area (Å²) in [5.74, 6) is 0. The Hall–Kier alpha value is -1.42. The molecule has 4 rings (SSSR count). The normalized spacial score (nSPS) is 31.9. The van der Waals surface area contributed by atoms with Crippen LogP contribution in [0.15, 0.2) is 54.6 Å². The van der Waals surface area contributed by atoms with E-state index in [4.69, 9.17) is 9.16 Å². The first-order valence-corrected chi connectivity index (χ1v) is 13.0. The van der Waals surface area contributed by atoms with Gasteiger partial charge in [0.2, 0.25) is 0 Å². The highest BCUT2D eigenvalue weighted by molar-refractivity contribution is 6.74. The summed E-state index contributed by atoms with van der Waals surface area (Å²) in [6, 6.07) is 20.7. The van der Waals surface area contributed by atoms with E-state index in [1.165, 1.54) is 16.7 Å². The van der Waals surface area contributed by atoms with Crippen molar-refractivity contribution in [1.82, 2.24) is 0 Å². The van der Waals surface area contributed by atoms with Crippen molar-refractivity contribution in [2.45, 2.75) is 69.4 Å². The van der Waals surface area contributed by atoms with Crippen molar-refractivity contribution in [3.8, 4) is 0 Å². The second kappa shape index (κ2) is 6.88. The maximum Gasteiger partial charge on any atom is 0.194 e. The molecule has 3 heteroatoms. The first-order chi connectivity index (χ1) is 12.9. The molecular formula is C24H32O2Si. The molecule has 2 aliphatic rings. The summed E-state index contributed by atoms with van der Waals surface area (Å²) in [7, 11) is -1.85. The number of ether oxygens (including phenoxy) is 1. The molecule has 0 aromatic heterocycles. The van der Waals surface area contributed by atoms with Gasteiger partial charge >= 0.3 is 0 Å². The lowest BCUT2D eigenvalue weighted by molar-refractivity contribution is -0.0143. The Labute approximate surface area is 165 Å². The van der Waals surface area contributed by atoms with E-state index in [1.54, 1.807) is 0 Å². The van der Waals surface area contributed by atoms with Crippen LogP contribution in [-0.4, -0.2) is 14.9 Å². The topological polar surface area (TPSA) is 18.5 Å². The van der Waals surface area contributed by atoms with Crippen molar-refractivity contribution in [2.24, 2.45) is 0 Å². The molecule has 1 fully saturated rings. The Morgan fingerprint density at radius 3 is 2.37 bits per heavy atom. The average Bonchev–Trinajstić information content (AvgIpc) is 2.88. The molecule has 0 N–H and O–H groups in total. The predicted octanol–water partition coefficient (Wildman–Crippen LogP) is 6.17. The molecule has 0 radical (unpaired) electrons. The Bertz CT molecular complexity index is 805. The number of benzene rings is 2. The van der Waals surface area contributed by atoms with E-state index in [1.807, 2.05) is 0 Å². The zero-order chi connectivity index (χ0) is 19.1. The third-order valence-electron chi connectivity index (χ3n) is 7.01. The maximum atomic E-state index is 7.06. The molecule has 1 aliphatic heterocycles. The van der Waals surface area contributed by atoms with Crippen molar-refractivity contribution < 1.29 is 9.16 Å². The Balaban J connectivity index is 1.68. The summed E-state index contributed by atoms with van der Waals surface area (Å²) in [5.41, 5.74) is 4.75. The van der Waals surface area contributed by atoms with E-state index >= 15 is 0 Å². The van der Waals surface area contributed by atoms with Crippen LogP contribution < -0.4 is 0 Å². The smallest absolute Gasteiger partial charge is 0.194 e. The minimum atomic E-state index is -1.85. The number of hydrogen-bond donors (Lipinski definition) is 0. The molecule has 1 heterocycles. The van der Waals surface area contributed by atoms with Crippen LogP contribution in [0, 0.1) is 0 Å². The summed E-state index contributed by atoms with van der Waals surface area (Å²) in [4.78, 5) is 0. The molecule has 2 nitrogen and oxygen atoms in total. The van der Waals surface area contributed by atoms with Gasteiger partial charge in [-0.2, -0.15) is 0 Å². The van der Waals surface area contributed by atoms with Crippen LogP contribution in [0.4, 0.5) is 0 Å². The Morgan fingerprint density at radius 1 is 1.04 bits per heavy atom. The third kappa shape index (κ3) is 3.10. The minimum absolute atomic E-state index is 0.102. The average molecular weight is 381 g/mol. The van der Waals surface area contributed by atoms with Crippen molar-refractivity contribution in [3.05, 3.63) is 71.3 Å². The zero-order valence-corrected chi connectivity index (χ0v) is 18.1. The third-order valence-corrected chi connectivity index (χ3v) is 11.7. The van der Waals surface area contributed by atoms with Crippen molar-refractivity contribution in [3.63, 3.8) is 0 Å². The lowest BCUT2D eigenvalue weighted by Gasteiger charge is -2.50. The highest BCUT2D eigenvalue weighted by Crippen LogP contribution is 2.61. The zero-order valence-electron chi connectivity index (χ0n) is 17.1. The lowest BCUT2D eigenvalue weighted by atomic mass is 9.82. The van der Waals surface area contributed by atoms with Crippen molar-refractivity contribution in [2.75, 3.05) is 6.61 Å². The van der Waals surface area contributed by atoms with Gasteiger partial charge in [0.1, 0.15) is 0 Å². The fraction of sp³-hybridized carbons (Fsp3) is 0.500. The van der Waals surface area contributed by atoms with E-state index in [-0.39, 0.29) is 11.0 Å². The lowest BCUT2D eigenvalue weighted by Crippen LogP contribution is -2.55. The molecule has 144 valence electrons. The summed E-state index contributed by atoms with van der Waals surface area (Å²) >= 11 is 0. The molecule has 1 aliphatic carbocycles. The quantitative estimate of drug-likeness (QED) is 0.558. The number of fused-ring (bicyclic) bond motifs is 5. The van der Waals surface area contributed by atoms with Gasteiger partial charge in [-0.1, -0.05) is 75.4 Å². The van der Waals surface area contributed by atoms with Crippen molar-refractivity contribution in [1.29, 1.82) is 0 Å². The van der Waals surface area contributed by atoms with Gasteiger partial charge in [0.05, 0.1) is 18.8 Å². The molecule has 1 unspecified atom stereocenters.